The second-order valence-corrected chi connectivity index (χ2v) is 6.53. The number of hydrogen-bond acceptors (Lipinski definition) is 3. The first-order valence-corrected chi connectivity index (χ1v) is 8.11. The third-order valence-corrected chi connectivity index (χ3v) is 3.96. The van der Waals surface area contributed by atoms with Gasteiger partial charge in [0, 0.05) is 12.6 Å². The van der Waals surface area contributed by atoms with Gasteiger partial charge >= 0.3 is 0 Å². The number of nitrogens with one attached hydrogen (secondary N) is 1. The van der Waals surface area contributed by atoms with Gasteiger partial charge in [0.05, 0.1) is 18.8 Å². The molecule has 0 aromatic rings. The Bertz CT molecular complexity index is 215. The number of rotatable bonds is 9. The lowest BCUT2D eigenvalue weighted by molar-refractivity contribution is -0.0235. The molecular weight excluding hydrogens is 238 g/mol. The molecule has 1 aliphatic rings. The Kier molecular flexibility index (Phi) is 8.67. The highest BCUT2D eigenvalue weighted by Gasteiger charge is 2.15. The van der Waals surface area contributed by atoms with Crippen molar-refractivity contribution in [2.75, 3.05) is 13.2 Å². The summed E-state index contributed by atoms with van der Waals surface area (Å²) in [6.07, 6.45) is 8.69. The Labute approximate surface area is 119 Å². The molecule has 3 heteroatoms. The first-order valence-electron chi connectivity index (χ1n) is 8.11. The molecule has 1 fully saturated rings. The van der Waals surface area contributed by atoms with Gasteiger partial charge in [-0.1, -0.05) is 33.1 Å². The molecule has 3 nitrogen and oxygen atoms in total. The smallest absolute Gasteiger partial charge is 0.0897 e. The van der Waals surface area contributed by atoms with Crippen molar-refractivity contribution in [1.29, 1.82) is 0 Å². The van der Waals surface area contributed by atoms with Crippen LogP contribution in [0.15, 0.2) is 0 Å². The van der Waals surface area contributed by atoms with Crippen LogP contribution >= 0.6 is 0 Å². The average molecular weight is 271 g/mol. The summed E-state index contributed by atoms with van der Waals surface area (Å²) in [6, 6.07) is 0.478. The van der Waals surface area contributed by atoms with Crippen LogP contribution in [0.3, 0.4) is 0 Å². The Balaban J connectivity index is 2.01. The molecule has 1 aliphatic carbocycles. The lowest BCUT2D eigenvalue weighted by atomic mass is 9.98. The summed E-state index contributed by atoms with van der Waals surface area (Å²) in [6.45, 7) is 7.82. The molecule has 0 heterocycles. The van der Waals surface area contributed by atoms with E-state index < -0.39 is 0 Å². The minimum absolute atomic E-state index is 0.372. The Morgan fingerprint density at radius 3 is 2.42 bits per heavy atom. The van der Waals surface area contributed by atoms with Crippen LogP contribution in [0.4, 0.5) is 0 Å². The SMILES string of the molecule is CC(C)CC[C@H](C)NC[C@H](O)COC1CCCCC1. The molecule has 0 aliphatic heterocycles. The molecule has 0 aromatic carbocycles. The van der Waals surface area contributed by atoms with Crippen LogP contribution in [0.5, 0.6) is 0 Å². The van der Waals surface area contributed by atoms with Crippen molar-refractivity contribution in [2.45, 2.75) is 84.0 Å². The van der Waals surface area contributed by atoms with Gasteiger partial charge in [0.1, 0.15) is 0 Å². The maximum absolute atomic E-state index is 9.92. The zero-order chi connectivity index (χ0) is 14.1. The molecule has 0 saturated heterocycles. The summed E-state index contributed by atoms with van der Waals surface area (Å²) in [5.41, 5.74) is 0. The van der Waals surface area contributed by atoms with E-state index >= 15 is 0 Å². The van der Waals surface area contributed by atoms with Gasteiger partial charge in [-0.25, -0.2) is 0 Å². The van der Waals surface area contributed by atoms with Crippen molar-refractivity contribution in [2.24, 2.45) is 5.92 Å². The largest absolute Gasteiger partial charge is 0.389 e. The van der Waals surface area contributed by atoms with Gasteiger partial charge in [0.2, 0.25) is 0 Å². The summed E-state index contributed by atoms with van der Waals surface area (Å²) >= 11 is 0. The van der Waals surface area contributed by atoms with Gasteiger partial charge in [0.25, 0.3) is 0 Å². The van der Waals surface area contributed by atoms with E-state index in [4.69, 9.17) is 4.74 Å². The fourth-order valence-corrected chi connectivity index (χ4v) is 2.56. The molecule has 19 heavy (non-hydrogen) atoms. The summed E-state index contributed by atoms with van der Waals surface area (Å²) < 4.78 is 5.79. The summed E-state index contributed by atoms with van der Waals surface area (Å²) in [4.78, 5) is 0. The fraction of sp³-hybridized carbons (Fsp3) is 1.00. The predicted molar refractivity (Wildman–Crippen MR) is 80.4 cm³/mol. The minimum Gasteiger partial charge on any atom is -0.389 e. The monoisotopic (exact) mass is 271 g/mol. The van der Waals surface area contributed by atoms with Crippen LogP contribution in [0.1, 0.15) is 65.7 Å². The van der Waals surface area contributed by atoms with Crippen molar-refractivity contribution < 1.29 is 9.84 Å². The topological polar surface area (TPSA) is 41.5 Å². The standard InChI is InChI=1S/C16H33NO2/c1-13(2)9-10-14(3)17-11-15(18)12-19-16-7-5-4-6-8-16/h13-18H,4-12H2,1-3H3/t14-,15-/m0/s1. The van der Waals surface area contributed by atoms with E-state index in [0.29, 0.717) is 25.3 Å². The van der Waals surface area contributed by atoms with Crippen LogP contribution in [0.2, 0.25) is 0 Å². The van der Waals surface area contributed by atoms with Crippen LogP contribution < -0.4 is 5.32 Å². The quantitative estimate of drug-likeness (QED) is 0.677. The van der Waals surface area contributed by atoms with Crippen molar-refractivity contribution >= 4 is 0 Å². The van der Waals surface area contributed by atoms with Crippen LogP contribution in [-0.4, -0.2) is 36.5 Å². The van der Waals surface area contributed by atoms with Gasteiger partial charge in [-0.3, -0.25) is 0 Å². The molecule has 2 N–H and O–H groups in total. The zero-order valence-corrected chi connectivity index (χ0v) is 13.0. The van der Waals surface area contributed by atoms with Crippen LogP contribution in [0, 0.1) is 5.92 Å². The van der Waals surface area contributed by atoms with Crippen molar-refractivity contribution in [3.8, 4) is 0 Å². The Hall–Kier alpha value is -0.120. The van der Waals surface area contributed by atoms with Crippen LogP contribution in [0.25, 0.3) is 0 Å². The highest BCUT2D eigenvalue weighted by atomic mass is 16.5. The molecule has 1 saturated carbocycles. The van der Waals surface area contributed by atoms with Crippen molar-refractivity contribution in [1.82, 2.24) is 5.32 Å². The minimum atomic E-state index is -0.372. The van der Waals surface area contributed by atoms with Crippen molar-refractivity contribution in [3.05, 3.63) is 0 Å². The summed E-state index contributed by atoms with van der Waals surface area (Å²) in [5, 5.41) is 13.3. The second kappa shape index (κ2) is 9.73. The third-order valence-electron chi connectivity index (χ3n) is 3.96. The fourth-order valence-electron chi connectivity index (χ4n) is 2.56. The molecule has 0 amide bonds. The summed E-state index contributed by atoms with van der Waals surface area (Å²) in [7, 11) is 0. The molecule has 2 atom stereocenters. The van der Waals surface area contributed by atoms with E-state index in [2.05, 4.69) is 26.1 Å². The third kappa shape index (κ3) is 8.61. The first-order chi connectivity index (χ1) is 9.08. The molecule has 0 aromatic heterocycles. The van der Waals surface area contributed by atoms with E-state index in [0.717, 1.165) is 5.92 Å². The van der Waals surface area contributed by atoms with Crippen molar-refractivity contribution in [3.63, 3.8) is 0 Å². The van der Waals surface area contributed by atoms with Gasteiger partial charge in [-0.2, -0.15) is 0 Å². The lowest BCUT2D eigenvalue weighted by Gasteiger charge is -2.24. The number of hydrogen-bond donors (Lipinski definition) is 2. The van der Waals surface area contributed by atoms with Gasteiger partial charge in [0.15, 0.2) is 0 Å². The highest BCUT2D eigenvalue weighted by Crippen LogP contribution is 2.20. The number of aliphatic hydroxyl groups excluding tert-OH is 1. The molecular formula is C16H33NO2. The van der Waals surface area contributed by atoms with E-state index in [-0.39, 0.29) is 6.10 Å². The van der Waals surface area contributed by atoms with Crippen LogP contribution in [-0.2, 0) is 4.74 Å². The van der Waals surface area contributed by atoms with Gasteiger partial charge in [-0.15, -0.1) is 0 Å². The van der Waals surface area contributed by atoms with E-state index in [1.807, 2.05) is 0 Å². The van der Waals surface area contributed by atoms with E-state index in [1.165, 1.54) is 44.9 Å². The highest BCUT2D eigenvalue weighted by molar-refractivity contribution is 4.69. The summed E-state index contributed by atoms with van der Waals surface area (Å²) in [5.74, 6) is 0.754. The molecule has 0 radical (unpaired) electrons. The molecule has 0 bridgehead atoms. The lowest BCUT2D eigenvalue weighted by Crippen LogP contribution is -2.37. The maximum atomic E-state index is 9.92. The molecule has 114 valence electrons. The van der Waals surface area contributed by atoms with Gasteiger partial charge < -0.3 is 15.2 Å². The normalized spacial score (nSPS) is 20.7. The molecule has 0 spiro atoms. The maximum Gasteiger partial charge on any atom is 0.0897 e. The number of aliphatic hydroxyl groups is 1. The Morgan fingerprint density at radius 1 is 1.11 bits per heavy atom. The molecule has 0 unspecified atom stereocenters. The average Bonchev–Trinajstić information content (AvgIpc) is 2.41. The van der Waals surface area contributed by atoms with Gasteiger partial charge in [-0.05, 0) is 38.5 Å². The van der Waals surface area contributed by atoms with E-state index in [1.54, 1.807) is 0 Å². The van der Waals surface area contributed by atoms with E-state index in [9.17, 15) is 5.11 Å². The first kappa shape index (κ1) is 16.9. The predicted octanol–water partition coefficient (Wildman–Crippen LogP) is 3.11. The second-order valence-electron chi connectivity index (χ2n) is 6.53. The zero-order valence-electron chi connectivity index (χ0n) is 13.0. The number of ether oxygens (including phenoxy) is 1. The molecule has 1 rings (SSSR count). The Morgan fingerprint density at radius 2 is 1.79 bits per heavy atom.